The number of hydrogen-bond acceptors (Lipinski definition) is 4. The van der Waals surface area contributed by atoms with Crippen molar-refractivity contribution >= 4 is 0 Å². The number of alkyl halides is 3. The molecule has 120 valence electrons. The van der Waals surface area contributed by atoms with Crippen LogP contribution in [0.4, 0.5) is 13.2 Å². The lowest BCUT2D eigenvalue weighted by Crippen LogP contribution is -2.46. The lowest BCUT2D eigenvalue weighted by Gasteiger charge is -2.33. The summed E-state index contributed by atoms with van der Waals surface area (Å²) >= 11 is 0. The maximum atomic E-state index is 12.3. The zero-order valence-corrected chi connectivity index (χ0v) is 12.4. The highest BCUT2D eigenvalue weighted by Gasteiger charge is 2.32. The summed E-state index contributed by atoms with van der Waals surface area (Å²) in [5, 5.41) is 3.42. The van der Waals surface area contributed by atoms with Crippen molar-refractivity contribution in [2.24, 2.45) is 0 Å². The second kappa shape index (κ2) is 8.81. The first-order chi connectivity index (χ1) is 9.40. The van der Waals surface area contributed by atoms with Crippen LogP contribution in [0.5, 0.6) is 0 Å². The molecule has 0 bridgehead atoms. The summed E-state index contributed by atoms with van der Waals surface area (Å²) < 4.78 is 41.8. The SMILES string of the molecule is COCCN(C)CCNC1CCN(CC(F)(F)F)CC1. The van der Waals surface area contributed by atoms with Gasteiger partial charge in [-0.15, -0.1) is 0 Å². The van der Waals surface area contributed by atoms with E-state index in [1.165, 1.54) is 4.90 Å². The molecule has 0 aliphatic carbocycles. The molecule has 4 nitrogen and oxygen atoms in total. The molecule has 20 heavy (non-hydrogen) atoms. The van der Waals surface area contributed by atoms with Gasteiger partial charge in [-0.25, -0.2) is 0 Å². The van der Waals surface area contributed by atoms with E-state index in [2.05, 4.69) is 10.2 Å². The number of methoxy groups -OCH3 is 1. The number of halogens is 3. The van der Waals surface area contributed by atoms with Crippen LogP contribution in [0.2, 0.25) is 0 Å². The fraction of sp³-hybridized carbons (Fsp3) is 1.00. The van der Waals surface area contributed by atoms with Crippen LogP contribution in [-0.4, -0.2) is 82.1 Å². The number of likely N-dealkylation sites (tertiary alicyclic amines) is 1. The fourth-order valence-electron chi connectivity index (χ4n) is 2.37. The van der Waals surface area contributed by atoms with E-state index < -0.39 is 12.7 Å². The van der Waals surface area contributed by atoms with Gasteiger partial charge in [-0.1, -0.05) is 0 Å². The van der Waals surface area contributed by atoms with Gasteiger partial charge in [0.05, 0.1) is 13.2 Å². The molecule has 0 unspecified atom stereocenters. The Morgan fingerprint density at radius 2 is 1.90 bits per heavy atom. The van der Waals surface area contributed by atoms with Gasteiger partial charge in [0.15, 0.2) is 0 Å². The zero-order chi connectivity index (χ0) is 15.0. The van der Waals surface area contributed by atoms with Gasteiger partial charge in [0.25, 0.3) is 0 Å². The van der Waals surface area contributed by atoms with Crippen LogP contribution in [0.25, 0.3) is 0 Å². The van der Waals surface area contributed by atoms with E-state index in [1.807, 2.05) is 7.05 Å². The highest BCUT2D eigenvalue weighted by molar-refractivity contribution is 4.78. The summed E-state index contributed by atoms with van der Waals surface area (Å²) in [6.07, 6.45) is -2.50. The van der Waals surface area contributed by atoms with E-state index in [1.54, 1.807) is 7.11 Å². The predicted molar refractivity (Wildman–Crippen MR) is 72.9 cm³/mol. The van der Waals surface area contributed by atoms with Crippen LogP contribution >= 0.6 is 0 Å². The first-order valence-corrected chi connectivity index (χ1v) is 7.10. The second-order valence-corrected chi connectivity index (χ2v) is 5.42. The molecule has 7 heteroatoms. The maximum absolute atomic E-state index is 12.3. The summed E-state index contributed by atoms with van der Waals surface area (Å²) in [6.45, 7) is 3.66. The van der Waals surface area contributed by atoms with Gasteiger partial charge in [0.1, 0.15) is 0 Å². The second-order valence-electron chi connectivity index (χ2n) is 5.42. The van der Waals surface area contributed by atoms with E-state index in [-0.39, 0.29) is 0 Å². The summed E-state index contributed by atoms with van der Waals surface area (Å²) in [4.78, 5) is 3.66. The number of piperidine rings is 1. The van der Waals surface area contributed by atoms with E-state index in [0.717, 1.165) is 32.5 Å². The Bertz CT molecular complexity index is 256. The fourth-order valence-corrected chi connectivity index (χ4v) is 2.37. The Kier molecular flexibility index (Phi) is 7.79. The molecule has 0 saturated carbocycles. The van der Waals surface area contributed by atoms with Gasteiger partial charge >= 0.3 is 6.18 Å². The summed E-state index contributed by atoms with van der Waals surface area (Å²) in [5.41, 5.74) is 0. The Balaban J connectivity index is 2.08. The molecule has 1 rings (SSSR count). The van der Waals surface area contributed by atoms with Crippen molar-refractivity contribution in [3.8, 4) is 0 Å². The molecular formula is C13H26F3N3O. The third kappa shape index (κ3) is 8.04. The van der Waals surface area contributed by atoms with E-state index in [9.17, 15) is 13.2 Å². The highest BCUT2D eigenvalue weighted by Crippen LogP contribution is 2.19. The van der Waals surface area contributed by atoms with E-state index in [4.69, 9.17) is 4.74 Å². The van der Waals surface area contributed by atoms with Crippen molar-refractivity contribution in [3.05, 3.63) is 0 Å². The minimum Gasteiger partial charge on any atom is -0.383 e. The number of likely N-dealkylation sites (N-methyl/N-ethyl adjacent to an activating group) is 1. The molecule has 1 heterocycles. The van der Waals surface area contributed by atoms with Crippen LogP contribution in [0.3, 0.4) is 0 Å². The monoisotopic (exact) mass is 297 g/mol. The van der Waals surface area contributed by atoms with Crippen molar-refractivity contribution in [2.75, 3.05) is 60.0 Å². The largest absolute Gasteiger partial charge is 0.401 e. The van der Waals surface area contributed by atoms with E-state index >= 15 is 0 Å². The molecule has 0 aromatic heterocycles. The Morgan fingerprint density at radius 3 is 2.45 bits per heavy atom. The van der Waals surface area contributed by atoms with Crippen LogP contribution < -0.4 is 5.32 Å². The predicted octanol–water partition coefficient (Wildman–Crippen LogP) is 1.18. The molecule has 0 amide bonds. The maximum Gasteiger partial charge on any atom is 0.401 e. The lowest BCUT2D eigenvalue weighted by atomic mass is 10.1. The van der Waals surface area contributed by atoms with Gasteiger partial charge in [-0.2, -0.15) is 13.2 Å². The van der Waals surface area contributed by atoms with Crippen molar-refractivity contribution in [3.63, 3.8) is 0 Å². The minimum absolute atomic E-state index is 0.343. The van der Waals surface area contributed by atoms with Gasteiger partial charge in [-0.3, -0.25) is 4.90 Å². The van der Waals surface area contributed by atoms with E-state index in [0.29, 0.717) is 25.7 Å². The average molecular weight is 297 g/mol. The molecule has 0 radical (unpaired) electrons. The van der Waals surface area contributed by atoms with Crippen molar-refractivity contribution in [1.82, 2.24) is 15.1 Å². The first kappa shape index (κ1) is 17.7. The number of hydrogen-bond donors (Lipinski definition) is 1. The molecule has 1 fully saturated rings. The normalized spacial score (nSPS) is 18.9. The average Bonchev–Trinajstić information content (AvgIpc) is 2.37. The molecule has 0 aromatic rings. The molecule has 0 aromatic carbocycles. The van der Waals surface area contributed by atoms with Crippen LogP contribution in [0, 0.1) is 0 Å². The molecule has 1 saturated heterocycles. The van der Waals surface area contributed by atoms with Crippen molar-refractivity contribution < 1.29 is 17.9 Å². The molecule has 0 atom stereocenters. The van der Waals surface area contributed by atoms with Gasteiger partial charge in [0.2, 0.25) is 0 Å². The zero-order valence-electron chi connectivity index (χ0n) is 12.4. The Labute approximate surface area is 119 Å². The first-order valence-electron chi connectivity index (χ1n) is 7.10. The van der Waals surface area contributed by atoms with Crippen LogP contribution in [-0.2, 0) is 4.74 Å². The molecular weight excluding hydrogens is 271 g/mol. The van der Waals surface area contributed by atoms with Gasteiger partial charge in [0, 0.05) is 32.8 Å². The number of nitrogens with one attached hydrogen (secondary N) is 1. The highest BCUT2D eigenvalue weighted by atomic mass is 19.4. The summed E-state index contributed by atoms with van der Waals surface area (Å²) in [5.74, 6) is 0. The third-order valence-electron chi connectivity index (χ3n) is 3.59. The third-order valence-corrected chi connectivity index (χ3v) is 3.59. The van der Waals surface area contributed by atoms with Crippen LogP contribution in [0.1, 0.15) is 12.8 Å². The smallest absolute Gasteiger partial charge is 0.383 e. The summed E-state index contributed by atoms with van der Waals surface area (Å²) in [7, 11) is 3.72. The van der Waals surface area contributed by atoms with Gasteiger partial charge in [-0.05, 0) is 33.0 Å². The molecule has 0 spiro atoms. The van der Waals surface area contributed by atoms with Crippen LogP contribution in [0.15, 0.2) is 0 Å². The Morgan fingerprint density at radius 1 is 1.25 bits per heavy atom. The Hall–Kier alpha value is -0.370. The number of rotatable bonds is 8. The van der Waals surface area contributed by atoms with Crippen molar-refractivity contribution in [2.45, 2.75) is 25.1 Å². The number of ether oxygens (including phenoxy) is 1. The molecule has 1 aliphatic rings. The number of nitrogens with zero attached hydrogens (tertiary/aromatic N) is 2. The quantitative estimate of drug-likeness (QED) is 0.728. The van der Waals surface area contributed by atoms with Gasteiger partial charge < -0.3 is 15.0 Å². The topological polar surface area (TPSA) is 27.7 Å². The lowest BCUT2D eigenvalue weighted by molar-refractivity contribution is -0.148. The molecule has 1 aliphatic heterocycles. The molecule has 1 N–H and O–H groups in total. The summed E-state index contributed by atoms with van der Waals surface area (Å²) in [6, 6.07) is 0.343. The van der Waals surface area contributed by atoms with Crippen molar-refractivity contribution in [1.29, 1.82) is 0 Å². The minimum atomic E-state index is -4.08. The standard InChI is InChI=1S/C13H26F3N3O/c1-18(9-10-20-2)8-5-17-12-3-6-19(7-4-12)11-13(14,15)16/h12,17H,3-11H2,1-2H3.